The van der Waals surface area contributed by atoms with Crippen LogP contribution in [0, 0.1) is 75.1 Å². The summed E-state index contributed by atoms with van der Waals surface area (Å²) in [4.78, 5) is 31.7. The van der Waals surface area contributed by atoms with Gasteiger partial charge in [-0.05, 0) is 207 Å². The van der Waals surface area contributed by atoms with Gasteiger partial charge in [-0.1, -0.05) is 290 Å². The Kier molecular flexibility index (Phi) is 29.2. The lowest BCUT2D eigenvalue weighted by Gasteiger charge is -2.09. The molecular formula is C111H99FN6OS2. The molecule has 0 fully saturated rings. The molecule has 0 N–H and O–H groups in total. The van der Waals surface area contributed by atoms with E-state index in [2.05, 4.69) is 354 Å². The van der Waals surface area contributed by atoms with E-state index in [0.717, 1.165) is 112 Å². The number of ether oxygens (including phenoxy) is 1. The average molecular weight is 1620 g/mol. The first kappa shape index (κ1) is 85.1. The summed E-state index contributed by atoms with van der Waals surface area (Å²) in [7, 11) is 0. The number of para-hydroxylation sites is 6. The first-order valence-electron chi connectivity index (χ1n) is 40.8. The molecular weight excluding hydrogens is 1520 g/mol. The van der Waals surface area contributed by atoms with Crippen LogP contribution in [0.1, 0.15) is 135 Å². The Labute approximate surface area is 719 Å². The van der Waals surface area contributed by atoms with E-state index in [9.17, 15) is 4.39 Å². The highest BCUT2D eigenvalue weighted by molar-refractivity contribution is 7.12. The molecule has 0 radical (unpaired) electrons. The molecule has 0 aliphatic rings. The van der Waals surface area contributed by atoms with Crippen molar-refractivity contribution in [1.29, 1.82) is 0 Å². The second-order valence-corrected chi connectivity index (χ2v) is 32.6. The van der Waals surface area contributed by atoms with Crippen molar-refractivity contribution in [1.82, 2.24) is 29.9 Å². The first-order valence-corrected chi connectivity index (χ1v) is 42.5. The van der Waals surface area contributed by atoms with Gasteiger partial charge in [0.2, 0.25) is 0 Å². The molecule has 0 saturated heterocycles. The summed E-state index contributed by atoms with van der Waals surface area (Å²) in [6.07, 6.45) is 25.5. The fraction of sp³-hybridized carbons (Fsp3) is 0.117. The topological polar surface area (TPSA) is 86.6 Å². The Morgan fingerprint density at radius 2 is 0.587 bits per heavy atom. The van der Waals surface area contributed by atoms with Crippen molar-refractivity contribution < 1.29 is 9.13 Å². The third kappa shape index (κ3) is 24.7. The quantitative estimate of drug-likeness (QED) is 0.100. The molecule has 598 valence electrons. The summed E-state index contributed by atoms with van der Waals surface area (Å²) in [5.74, 6) is 0.679. The highest BCUT2D eigenvalue weighted by Crippen LogP contribution is 2.29. The fourth-order valence-corrected chi connectivity index (χ4v) is 15.1. The van der Waals surface area contributed by atoms with Crippen LogP contribution in [0.2, 0.25) is 0 Å². The maximum Gasteiger partial charge on any atom is 0.123 e. The van der Waals surface area contributed by atoms with Crippen LogP contribution in [0.25, 0.3) is 138 Å². The number of rotatable bonds is 14. The molecule has 0 aliphatic carbocycles. The van der Waals surface area contributed by atoms with Gasteiger partial charge in [-0.25, -0.2) is 4.39 Å². The number of fused-ring (bicyclic) bond motifs is 6. The zero-order valence-corrected chi connectivity index (χ0v) is 72.3. The summed E-state index contributed by atoms with van der Waals surface area (Å²) in [6, 6.07) is 101. The average Bonchev–Trinajstić information content (AvgIpc) is 1.19. The minimum absolute atomic E-state index is 0.196. The summed E-state index contributed by atoms with van der Waals surface area (Å²) < 4.78 is 18.8. The number of hydrogen-bond donors (Lipinski definition) is 0. The molecule has 0 aliphatic heterocycles. The van der Waals surface area contributed by atoms with E-state index in [1.54, 1.807) is 17.4 Å². The van der Waals surface area contributed by atoms with Gasteiger partial charge < -0.3 is 4.74 Å². The molecule has 0 unspecified atom stereocenters. The van der Waals surface area contributed by atoms with E-state index in [-0.39, 0.29) is 11.9 Å². The fourth-order valence-electron chi connectivity index (χ4n) is 13.6. The third-order valence-electron chi connectivity index (χ3n) is 19.8. The highest BCUT2D eigenvalue weighted by atomic mass is 32.1. The second kappa shape index (κ2) is 41.6. The molecule has 18 rings (SSSR count). The number of aryl methyl sites for hydroxylation is 10. The molecule has 0 spiro atoms. The molecule has 8 heterocycles. The van der Waals surface area contributed by atoms with Gasteiger partial charge in [0.05, 0.1) is 39.2 Å². The number of pyridine rings is 6. The smallest absolute Gasteiger partial charge is 0.123 e. The van der Waals surface area contributed by atoms with E-state index in [4.69, 9.17) is 4.74 Å². The van der Waals surface area contributed by atoms with Gasteiger partial charge in [0.25, 0.3) is 0 Å². The summed E-state index contributed by atoms with van der Waals surface area (Å²) >= 11 is 3.58. The Morgan fingerprint density at radius 3 is 0.909 bits per heavy atom. The number of benzene rings is 10. The normalized spacial score (nSPS) is 11.4. The van der Waals surface area contributed by atoms with Gasteiger partial charge in [0.15, 0.2) is 0 Å². The lowest BCUT2D eigenvalue weighted by Crippen LogP contribution is -2.05. The molecule has 18 aromatic rings. The summed E-state index contributed by atoms with van der Waals surface area (Å²) in [5.41, 5.74) is 27.7. The molecule has 10 aromatic carbocycles. The number of nitrogens with zero attached hydrogens (tertiary/aromatic N) is 6. The maximum absolute atomic E-state index is 13.2. The molecule has 10 heteroatoms. The van der Waals surface area contributed by atoms with E-state index in [1.165, 1.54) is 92.6 Å². The van der Waals surface area contributed by atoms with Crippen molar-refractivity contribution in [3.05, 3.63) is 430 Å². The maximum atomic E-state index is 13.2. The largest absolute Gasteiger partial charge is 0.491 e. The van der Waals surface area contributed by atoms with Gasteiger partial charge in [-0.3, -0.25) is 29.9 Å². The zero-order valence-electron chi connectivity index (χ0n) is 70.7. The van der Waals surface area contributed by atoms with E-state index in [1.807, 2.05) is 127 Å². The van der Waals surface area contributed by atoms with Crippen LogP contribution < -0.4 is 4.74 Å². The molecule has 0 atom stereocenters. The zero-order chi connectivity index (χ0) is 84.6. The van der Waals surface area contributed by atoms with Crippen molar-refractivity contribution in [2.45, 2.75) is 89.2 Å². The SMILES string of the molecule is Cc1ccc(/C=C/c2cccc3ccc(C)nc23)cc1.Cc1ccc2cccc(/C=C/c3ccc(C)s3)c2n1.Cc1ccc2cccc(/C=C/c3ccc(OC(C)C)cc3)c2n1.Cc1ccc2cccc(/C=C/c3cccc(F)c3)c2n1.Cc1cccc(/C=C/c2cccc3ccc(C)nc23)c1.Cc1csc(/C=C/c2cccc3ccc(C)nc23)c1. The molecule has 121 heavy (non-hydrogen) atoms. The van der Waals surface area contributed by atoms with Crippen LogP contribution >= 0.6 is 22.7 Å². The monoisotopic (exact) mass is 1610 g/mol. The second-order valence-electron chi connectivity index (χ2n) is 30.3. The van der Waals surface area contributed by atoms with Gasteiger partial charge >= 0.3 is 0 Å². The van der Waals surface area contributed by atoms with Gasteiger partial charge in [-0.2, -0.15) is 0 Å². The first-order chi connectivity index (χ1) is 58.7. The molecule has 0 bridgehead atoms. The minimum atomic E-state index is -0.223. The predicted octanol–water partition coefficient (Wildman–Crippen LogP) is 30.6. The van der Waals surface area contributed by atoms with Crippen molar-refractivity contribution in [2.75, 3.05) is 0 Å². The standard InChI is InChI=1S/C21H21NO.2C19H17N.C18H14FN.2C17H15NS/c1-15(2)23-20-13-9-17(10-14-20)8-12-19-6-4-5-18-11-7-16(3)22-21(18)19;1-14-5-3-6-16(13-14)10-12-18-8-4-7-17-11-9-15(2)20-19(17)18;1-14-6-9-16(10-7-14)11-13-18-5-3-4-17-12-8-15(2)20-19(17)18;1-13-8-10-15-5-3-6-16(18(15)20-13)11-9-14-4-2-7-17(19)12-14;1-12-6-8-14-4-3-5-15(17(14)18-12)9-11-16-10-7-13(2)19-16;1-12-10-16(19-11-12)9-8-15-5-3-4-14-7-6-13(2)18-17(14)15/h4-15H,1-3H3;2*3-13H,1-2H3;2-12H,1H3;2*3-11H,1-2H3/b12-8+;12-10+;13-11+;2*11-9+;9-8+. The lowest BCUT2D eigenvalue weighted by atomic mass is 10.1. The predicted molar refractivity (Wildman–Crippen MR) is 522 cm³/mol. The van der Waals surface area contributed by atoms with Crippen molar-refractivity contribution in [3.63, 3.8) is 0 Å². The Bertz CT molecular complexity index is 6530. The number of thiophene rings is 2. The Hall–Kier alpha value is -13.8. The van der Waals surface area contributed by atoms with Crippen molar-refractivity contribution in [3.8, 4) is 5.75 Å². The van der Waals surface area contributed by atoms with Crippen LogP contribution in [0.5, 0.6) is 5.75 Å². The van der Waals surface area contributed by atoms with Crippen LogP contribution in [-0.4, -0.2) is 36.0 Å². The number of hydrogen-bond acceptors (Lipinski definition) is 9. The molecule has 8 aromatic heterocycles. The van der Waals surface area contributed by atoms with Crippen LogP contribution in [-0.2, 0) is 0 Å². The number of aromatic nitrogens is 6. The van der Waals surface area contributed by atoms with Gasteiger partial charge in [-0.15, -0.1) is 22.7 Å². The molecule has 0 saturated carbocycles. The lowest BCUT2D eigenvalue weighted by molar-refractivity contribution is 0.242. The highest BCUT2D eigenvalue weighted by Gasteiger charge is 2.08. The Morgan fingerprint density at radius 1 is 0.264 bits per heavy atom. The van der Waals surface area contributed by atoms with E-state index < -0.39 is 0 Å². The van der Waals surface area contributed by atoms with Crippen molar-refractivity contribution >= 4 is 161 Å². The Balaban J connectivity index is 0.000000125. The van der Waals surface area contributed by atoms with Gasteiger partial charge in [0, 0.05) is 114 Å². The number of halogens is 1. The van der Waals surface area contributed by atoms with Crippen LogP contribution in [0.4, 0.5) is 4.39 Å². The molecule has 0 amide bonds. The van der Waals surface area contributed by atoms with Crippen LogP contribution in [0.3, 0.4) is 0 Å². The third-order valence-corrected chi connectivity index (χ3v) is 21.7. The van der Waals surface area contributed by atoms with Gasteiger partial charge in [0.1, 0.15) is 11.6 Å². The minimum Gasteiger partial charge on any atom is -0.491 e. The van der Waals surface area contributed by atoms with E-state index in [0.29, 0.717) is 0 Å². The van der Waals surface area contributed by atoms with Crippen molar-refractivity contribution in [2.24, 2.45) is 0 Å². The summed E-state index contributed by atoms with van der Waals surface area (Å²) in [5, 5.41) is 9.19. The van der Waals surface area contributed by atoms with Crippen LogP contribution in [0.15, 0.2) is 303 Å². The molecule has 7 nitrogen and oxygen atoms in total. The summed E-state index contributed by atoms with van der Waals surface area (Å²) in [6.45, 7) is 24.6. The van der Waals surface area contributed by atoms with E-state index >= 15 is 0 Å².